The van der Waals surface area contributed by atoms with Gasteiger partial charge in [-0.25, -0.2) is 0 Å². The summed E-state index contributed by atoms with van der Waals surface area (Å²) in [6.07, 6.45) is 11.9. The van der Waals surface area contributed by atoms with E-state index in [1.807, 2.05) is 0 Å². The molecule has 138 valence electrons. The maximum Gasteiger partial charge on any atom is 0.174 e. The van der Waals surface area contributed by atoms with E-state index in [-0.39, 0.29) is 11.2 Å². The van der Waals surface area contributed by atoms with Gasteiger partial charge in [0.05, 0.1) is 13.2 Å². The molecular weight excluding hydrogens is 312 g/mol. The Bertz CT molecular complexity index is 652. The monoisotopic (exact) mass is 344 g/mol. The minimum atomic E-state index is -0.276. The molecule has 3 heteroatoms. The first-order chi connectivity index (χ1) is 11.9. The van der Waals surface area contributed by atoms with Crippen molar-refractivity contribution in [1.82, 2.24) is 0 Å². The van der Waals surface area contributed by atoms with Crippen LogP contribution >= 0.6 is 0 Å². The minimum Gasteiger partial charge on any atom is -0.347 e. The quantitative estimate of drug-likeness (QED) is 0.650. The summed E-state index contributed by atoms with van der Waals surface area (Å²) in [5, 5.41) is 0. The number of Topliss-reactive ketones (excluding diaryl/α,β-unsaturated/α-hetero) is 1. The zero-order valence-electron chi connectivity index (χ0n) is 15.9. The molecule has 5 aliphatic carbocycles. The lowest BCUT2D eigenvalue weighted by Crippen LogP contribution is -2.56. The van der Waals surface area contributed by atoms with Gasteiger partial charge in [0.1, 0.15) is 5.78 Å². The maximum absolute atomic E-state index is 12.1. The average Bonchev–Trinajstić information content (AvgIpc) is 2.92. The lowest BCUT2D eigenvalue weighted by Gasteiger charge is -2.60. The van der Waals surface area contributed by atoms with Crippen LogP contribution < -0.4 is 0 Å². The van der Waals surface area contributed by atoms with E-state index in [1.165, 1.54) is 38.5 Å². The zero-order chi connectivity index (χ0) is 17.1. The zero-order valence-corrected chi connectivity index (χ0v) is 15.9. The second-order valence-electron chi connectivity index (χ2n) is 10.8. The van der Waals surface area contributed by atoms with Crippen molar-refractivity contribution in [3.8, 4) is 0 Å². The third-order valence-corrected chi connectivity index (χ3v) is 10.7. The van der Waals surface area contributed by atoms with Crippen molar-refractivity contribution in [2.75, 3.05) is 13.2 Å². The molecular formula is C22H32O3. The van der Waals surface area contributed by atoms with Crippen LogP contribution in [0.1, 0.15) is 78.1 Å². The Morgan fingerprint density at radius 2 is 1.72 bits per heavy atom. The lowest BCUT2D eigenvalue weighted by molar-refractivity contribution is -0.247. The highest BCUT2D eigenvalue weighted by molar-refractivity contribution is 5.79. The maximum atomic E-state index is 12.1. The lowest BCUT2D eigenvalue weighted by atomic mass is 9.45. The summed E-state index contributed by atoms with van der Waals surface area (Å²) in [6.45, 7) is 6.62. The van der Waals surface area contributed by atoms with Crippen LogP contribution in [0.4, 0.5) is 0 Å². The molecule has 0 N–H and O–H groups in total. The number of carbonyl (C=O) groups is 1. The van der Waals surface area contributed by atoms with Crippen LogP contribution in [0.5, 0.6) is 0 Å². The first-order valence-electron chi connectivity index (χ1n) is 10.7. The normalized spacial score (nSPS) is 58.4. The summed E-state index contributed by atoms with van der Waals surface area (Å²) in [6, 6.07) is 0. The van der Waals surface area contributed by atoms with Crippen molar-refractivity contribution in [3.05, 3.63) is 0 Å². The van der Waals surface area contributed by atoms with E-state index in [9.17, 15) is 4.79 Å². The topological polar surface area (TPSA) is 35.5 Å². The molecule has 6 unspecified atom stereocenters. The Morgan fingerprint density at radius 3 is 2.52 bits per heavy atom. The van der Waals surface area contributed by atoms with Crippen molar-refractivity contribution in [2.45, 2.75) is 83.8 Å². The van der Waals surface area contributed by atoms with Gasteiger partial charge in [-0.1, -0.05) is 13.8 Å². The second-order valence-corrected chi connectivity index (χ2v) is 10.8. The van der Waals surface area contributed by atoms with Crippen molar-refractivity contribution in [3.63, 3.8) is 0 Å². The molecule has 25 heavy (non-hydrogen) atoms. The summed E-state index contributed by atoms with van der Waals surface area (Å²) in [4.78, 5) is 12.1. The van der Waals surface area contributed by atoms with E-state index < -0.39 is 0 Å². The second kappa shape index (κ2) is 4.35. The van der Waals surface area contributed by atoms with Gasteiger partial charge in [-0.3, -0.25) is 4.79 Å². The summed E-state index contributed by atoms with van der Waals surface area (Å²) in [5.74, 6) is 1.67. The molecule has 0 aromatic carbocycles. The third kappa shape index (κ3) is 1.47. The Hall–Kier alpha value is -0.410. The third-order valence-electron chi connectivity index (χ3n) is 10.7. The van der Waals surface area contributed by atoms with Crippen LogP contribution in [0.25, 0.3) is 0 Å². The van der Waals surface area contributed by atoms with E-state index in [0.717, 1.165) is 44.8 Å². The SMILES string of the molecule is CC12CCC34CC3(CCC3CC(=O)CCC34C)C1CCC21OCCO1. The van der Waals surface area contributed by atoms with Gasteiger partial charge in [0.25, 0.3) is 0 Å². The van der Waals surface area contributed by atoms with Crippen molar-refractivity contribution < 1.29 is 14.3 Å². The average molecular weight is 344 g/mol. The molecule has 1 spiro atoms. The van der Waals surface area contributed by atoms with E-state index in [4.69, 9.17) is 9.47 Å². The number of hydrogen-bond acceptors (Lipinski definition) is 3. The van der Waals surface area contributed by atoms with Crippen LogP contribution in [0.2, 0.25) is 0 Å². The number of carbonyl (C=O) groups excluding carboxylic acids is 1. The smallest absolute Gasteiger partial charge is 0.174 e. The Labute approximate surface area is 151 Å². The number of ether oxygens (including phenoxy) is 2. The molecule has 0 aromatic rings. The fraction of sp³-hybridized carbons (Fsp3) is 0.955. The summed E-state index contributed by atoms with van der Waals surface area (Å²) in [7, 11) is 0. The van der Waals surface area contributed by atoms with Gasteiger partial charge in [0, 0.05) is 24.7 Å². The minimum absolute atomic E-state index is 0.206. The van der Waals surface area contributed by atoms with Crippen molar-refractivity contribution in [2.24, 2.45) is 33.5 Å². The summed E-state index contributed by atoms with van der Waals surface area (Å²) < 4.78 is 12.6. The van der Waals surface area contributed by atoms with E-state index in [2.05, 4.69) is 13.8 Å². The molecule has 6 atom stereocenters. The predicted molar refractivity (Wildman–Crippen MR) is 93.9 cm³/mol. The number of ketones is 1. The van der Waals surface area contributed by atoms with Gasteiger partial charge in [-0.15, -0.1) is 0 Å². The molecule has 0 aromatic heterocycles. The molecule has 1 saturated heterocycles. The Balaban J connectivity index is 1.41. The number of fused-ring (bicyclic) bond motifs is 3. The summed E-state index contributed by atoms with van der Waals surface area (Å²) >= 11 is 0. The fourth-order valence-corrected chi connectivity index (χ4v) is 9.39. The molecule has 6 rings (SSSR count). The van der Waals surface area contributed by atoms with Crippen LogP contribution in [-0.2, 0) is 14.3 Å². The van der Waals surface area contributed by atoms with Gasteiger partial charge in [-0.05, 0) is 73.0 Å². The Morgan fingerprint density at radius 1 is 0.920 bits per heavy atom. The van der Waals surface area contributed by atoms with Crippen LogP contribution in [-0.4, -0.2) is 24.8 Å². The van der Waals surface area contributed by atoms with Crippen LogP contribution in [0.3, 0.4) is 0 Å². The predicted octanol–water partition coefficient (Wildman–Crippen LogP) is 4.49. The van der Waals surface area contributed by atoms with E-state index in [0.29, 0.717) is 27.9 Å². The first kappa shape index (κ1) is 15.6. The summed E-state index contributed by atoms with van der Waals surface area (Å²) in [5.41, 5.74) is 1.67. The highest BCUT2D eigenvalue weighted by Crippen LogP contribution is 2.90. The van der Waals surface area contributed by atoms with Crippen molar-refractivity contribution >= 4 is 5.78 Å². The molecule has 1 aliphatic heterocycles. The molecule has 6 fully saturated rings. The van der Waals surface area contributed by atoms with E-state index in [1.54, 1.807) is 0 Å². The van der Waals surface area contributed by atoms with Gasteiger partial charge in [-0.2, -0.15) is 0 Å². The van der Waals surface area contributed by atoms with Gasteiger partial charge >= 0.3 is 0 Å². The first-order valence-corrected chi connectivity index (χ1v) is 10.7. The molecule has 0 radical (unpaired) electrons. The molecule has 6 aliphatic rings. The van der Waals surface area contributed by atoms with Gasteiger partial charge < -0.3 is 9.47 Å². The highest BCUT2D eigenvalue weighted by Gasteiger charge is 2.85. The molecule has 0 amide bonds. The number of hydrogen-bond donors (Lipinski definition) is 0. The molecule has 3 nitrogen and oxygen atoms in total. The van der Waals surface area contributed by atoms with Gasteiger partial charge in [0.2, 0.25) is 0 Å². The molecule has 5 saturated carbocycles. The highest BCUT2D eigenvalue weighted by atomic mass is 16.7. The van der Waals surface area contributed by atoms with Crippen LogP contribution in [0.15, 0.2) is 0 Å². The largest absolute Gasteiger partial charge is 0.347 e. The molecule has 0 bridgehead atoms. The standard InChI is InChI=1S/C22H32O3/c1-18-6-4-16(23)13-15(18)3-7-20-14-21(18,20)10-9-19(2)17(20)5-8-22(19)24-11-12-25-22/h15,17H,3-14H2,1-2H3. The Kier molecular flexibility index (Phi) is 2.72. The van der Waals surface area contributed by atoms with E-state index >= 15 is 0 Å². The fourth-order valence-electron chi connectivity index (χ4n) is 9.39. The molecule has 1 heterocycles. The van der Waals surface area contributed by atoms with Gasteiger partial charge in [0.15, 0.2) is 5.79 Å². The van der Waals surface area contributed by atoms with Crippen LogP contribution in [0, 0.1) is 33.5 Å². The van der Waals surface area contributed by atoms with Crippen molar-refractivity contribution in [1.29, 1.82) is 0 Å². The number of rotatable bonds is 0.